The SMILES string of the molecule is COc1ccc(CNC(=O)C[C@H]2O[C@H](CNCc3cccc(Cl)c3)[C@@H](O)[C@H]2O)cc1. The second-order valence-corrected chi connectivity index (χ2v) is 7.72. The molecule has 0 radical (unpaired) electrons. The van der Waals surface area contributed by atoms with Crippen LogP contribution in [0.15, 0.2) is 48.5 Å². The predicted octanol–water partition coefficient (Wildman–Crippen LogP) is 1.63. The number of aliphatic hydroxyl groups is 2. The summed E-state index contributed by atoms with van der Waals surface area (Å²) in [5.41, 5.74) is 1.94. The second kappa shape index (κ2) is 10.7. The van der Waals surface area contributed by atoms with Crippen molar-refractivity contribution in [1.82, 2.24) is 10.6 Å². The Bertz CT molecular complexity index is 833. The number of halogens is 1. The summed E-state index contributed by atoms with van der Waals surface area (Å²) in [5.74, 6) is 0.492. The highest BCUT2D eigenvalue weighted by Crippen LogP contribution is 2.23. The van der Waals surface area contributed by atoms with E-state index in [0.717, 1.165) is 16.9 Å². The van der Waals surface area contributed by atoms with Gasteiger partial charge in [0.25, 0.3) is 0 Å². The largest absolute Gasteiger partial charge is 0.497 e. The highest BCUT2D eigenvalue weighted by molar-refractivity contribution is 6.30. The molecule has 0 aromatic heterocycles. The predicted molar refractivity (Wildman–Crippen MR) is 113 cm³/mol. The van der Waals surface area contributed by atoms with Gasteiger partial charge in [-0.2, -0.15) is 0 Å². The normalized spacial score (nSPS) is 23.3. The number of carbonyl (C=O) groups excluding carboxylic acids is 1. The molecule has 1 saturated heterocycles. The van der Waals surface area contributed by atoms with Crippen LogP contribution in [-0.2, 0) is 22.6 Å². The van der Waals surface area contributed by atoms with E-state index in [0.29, 0.717) is 24.7 Å². The molecule has 1 heterocycles. The molecular formula is C22H27ClN2O5. The topological polar surface area (TPSA) is 100 Å². The molecule has 162 valence electrons. The van der Waals surface area contributed by atoms with E-state index in [-0.39, 0.29) is 12.3 Å². The van der Waals surface area contributed by atoms with E-state index < -0.39 is 24.4 Å². The Morgan fingerprint density at radius 2 is 1.80 bits per heavy atom. The molecule has 1 amide bonds. The minimum atomic E-state index is -1.12. The van der Waals surface area contributed by atoms with Gasteiger partial charge in [0.15, 0.2) is 0 Å². The van der Waals surface area contributed by atoms with Crippen LogP contribution < -0.4 is 15.4 Å². The molecule has 1 fully saturated rings. The van der Waals surface area contributed by atoms with Crippen LogP contribution >= 0.6 is 11.6 Å². The van der Waals surface area contributed by atoms with Crippen molar-refractivity contribution >= 4 is 17.5 Å². The third-order valence-electron chi connectivity index (χ3n) is 5.06. The molecule has 30 heavy (non-hydrogen) atoms. The fourth-order valence-corrected chi connectivity index (χ4v) is 3.58. The number of rotatable bonds is 9. The number of amides is 1. The van der Waals surface area contributed by atoms with Crippen LogP contribution in [0.4, 0.5) is 0 Å². The lowest BCUT2D eigenvalue weighted by Gasteiger charge is -2.15. The lowest BCUT2D eigenvalue weighted by atomic mass is 10.1. The van der Waals surface area contributed by atoms with Gasteiger partial charge in [0, 0.05) is 24.7 Å². The zero-order valence-corrected chi connectivity index (χ0v) is 17.5. The van der Waals surface area contributed by atoms with Gasteiger partial charge < -0.3 is 30.3 Å². The van der Waals surface area contributed by atoms with E-state index >= 15 is 0 Å². The van der Waals surface area contributed by atoms with Crippen molar-refractivity contribution in [2.24, 2.45) is 0 Å². The van der Waals surface area contributed by atoms with E-state index in [9.17, 15) is 15.0 Å². The number of hydrogen-bond acceptors (Lipinski definition) is 6. The molecule has 0 unspecified atom stereocenters. The Hall–Kier alpha value is -2.16. The molecule has 1 aliphatic heterocycles. The van der Waals surface area contributed by atoms with Gasteiger partial charge in [0.2, 0.25) is 5.91 Å². The van der Waals surface area contributed by atoms with Gasteiger partial charge in [-0.05, 0) is 35.4 Å². The fraction of sp³-hybridized carbons (Fsp3) is 0.409. The smallest absolute Gasteiger partial charge is 0.222 e. The third-order valence-corrected chi connectivity index (χ3v) is 5.30. The zero-order chi connectivity index (χ0) is 21.5. The Balaban J connectivity index is 1.42. The van der Waals surface area contributed by atoms with Crippen molar-refractivity contribution in [3.63, 3.8) is 0 Å². The molecule has 2 aromatic carbocycles. The zero-order valence-electron chi connectivity index (χ0n) is 16.8. The summed E-state index contributed by atoms with van der Waals surface area (Å²) in [6, 6.07) is 14.8. The number of benzene rings is 2. The van der Waals surface area contributed by atoms with Crippen LogP contribution in [0.25, 0.3) is 0 Å². The van der Waals surface area contributed by atoms with E-state index in [1.165, 1.54) is 0 Å². The average Bonchev–Trinajstić information content (AvgIpc) is 3.00. The molecule has 4 N–H and O–H groups in total. The molecule has 2 aromatic rings. The molecule has 0 aliphatic carbocycles. The van der Waals surface area contributed by atoms with Crippen molar-refractivity contribution in [3.05, 3.63) is 64.7 Å². The maximum absolute atomic E-state index is 12.2. The minimum Gasteiger partial charge on any atom is -0.497 e. The number of nitrogens with one attached hydrogen (secondary N) is 2. The maximum Gasteiger partial charge on any atom is 0.222 e. The van der Waals surface area contributed by atoms with Crippen LogP contribution in [0.3, 0.4) is 0 Å². The standard InChI is InChI=1S/C22H27ClN2O5/c1-29-17-7-5-14(6-8-17)12-25-20(26)10-18-21(27)22(28)19(30-18)13-24-11-15-3-2-4-16(23)9-15/h2-9,18-19,21-22,24,27-28H,10-13H2,1H3,(H,25,26)/t18-,19-,21+,22-/m1/s1. The van der Waals surface area contributed by atoms with Crippen LogP contribution in [0, 0.1) is 0 Å². The van der Waals surface area contributed by atoms with E-state index in [1.54, 1.807) is 13.2 Å². The average molecular weight is 435 g/mol. The van der Waals surface area contributed by atoms with Crippen LogP contribution in [0.2, 0.25) is 5.02 Å². The number of carbonyl (C=O) groups is 1. The molecular weight excluding hydrogens is 408 g/mol. The third kappa shape index (κ3) is 6.17. The van der Waals surface area contributed by atoms with E-state index in [1.807, 2.05) is 42.5 Å². The Labute approximate surface area is 181 Å². The van der Waals surface area contributed by atoms with Gasteiger partial charge in [-0.15, -0.1) is 0 Å². The summed E-state index contributed by atoms with van der Waals surface area (Å²) in [4.78, 5) is 12.2. The number of aliphatic hydroxyl groups excluding tert-OH is 2. The van der Waals surface area contributed by atoms with Crippen molar-refractivity contribution in [2.45, 2.75) is 43.9 Å². The van der Waals surface area contributed by atoms with E-state index in [4.69, 9.17) is 21.1 Å². The lowest BCUT2D eigenvalue weighted by Crippen LogP contribution is -2.38. The summed E-state index contributed by atoms with van der Waals surface area (Å²) in [5, 5.41) is 27.2. The van der Waals surface area contributed by atoms with Gasteiger partial charge >= 0.3 is 0 Å². The van der Waals surface area contributed by atoms with Crippen molar-refractivity contribution in [2.75, 3.05) is 13.7 Å². The van der Waals surface area contributed by atoms with Gasteiger partial charge in [-0.3, -0.25) is 4.79 Å². The highest BCUT2D eigenvalue weighted by Gasteiger charge is 2.42. The first-order chi connectivity index (χ1) is 14.5. The molecule has 0 spiro atoms. The summed E-state index contributed by atoms with van der Waals surface area (Å²) < 4.78 is 10.8. The van der Waals surface area contributed by atoms with Gasteiger partial charge in [0.05, 0.1) is 25.7 Å². The molecule has 1 aliphatic rings. The Morgan fingerprint density at radius 1 is 1.07 bits per heavy atom. The van der Waals surface area contributed by atoms with Crippen molar-refractivity contribution in [1.29, 1.82) is 0 Å². The summed E-state index contributed by atoms with van der Waals surface area (Å²) in [7, 11) is 1.60. The van der Waals surface area contributed by atoms with Crippen LogP contribution in [-0.4, -0.2) is 54.2 Å². The highest BCUT2D eigenvalue weighted by atomic mass is 35.5. The van der Waals surface area contributed by atoms with Crippen molar-refractivity contribution in [3.8, 4) is 5.75 Å². The van der Waals surface area contributed by atoms with Crippen LogP contribution in [0.1, 0.15) is 17.5 Å². The second-order valence-electron chi connectivity index (χ2n) is 7.28. The summed E-state index contributed by atoms with van der Waals surface area (Å²) in [6.07, 6.45) is -3.56. The van der Waals surface area contributed by atoms with Crippen molar-refractivity contribution < 1.29 is 24.5 Å². The lowest BCUT2D eigenvalue weighted by molar-refractivity contribution is -0.125. The van der Waals surface area contributed by atoms with Crippen LogP contribution in [0.5, 0.6) is 5.75 Å². The fourth-order valence-electron chi connectivity index (χ4n) is 3.37. The van der Waals surface area contributed by atoms with Gasteiger partial charge in [-0.25, -0.2) is 0 Å². The van der Waals surface area contributed by atoms with Gasteiger partial charge in [-0.1, -0.05) is 35.9 Å². The monoisotopic (exact) mass is 434 g/mol. The summed E-state index contributed by atoms with van der Waals surface area (Å²) >= 11 is 5.97. The molecule has 0 saturated carbocycles. The van der Waals surface area contributed by atoms with Gasteiger partial charge in [0.1, 0.15) is 18.0 Å². The molecule has 0 bridgehead atoms. The number of methoxy groups -OCH3 is 1. The quantitative estimate of drug-likeness (QED) is 0.478. The minimum absolute atomic E-state index is 0.0286. The first kappa shape index (κ1) is 22.5. The summed E-state index contributed by atoms with van der Waals surface area (Å²) in [6.45, 7) is 1.25. The molecule has 4 atom stereocenters. The number of ether oxygens (including phenoxy) is 2. The first-order valence-corrected chi connectivity index (χ1v) is 10.2. The maximum atomic E-state index is 12.2. The number of hydrogen-bond donors (Lipinski definition) is 4. The van der Waals surface area contributed by atoms with E-state index in [2.05, 4.69) is 10.6 Å². The molecule has 3 rings (SSSR count). The molecule has 8 heteroatoms. The first-order valence-electron chi connectivity index (χ1n) is 9.82. The Kier molecular flexibility index (Phi) is 8.07. The molecule has 7 nitrogen and oxygen atoms in total. The Morgan fingerprint density at radius 3 is 2.50 bits per heavy atom.